The summed E-state index contributed by atoms with van der Waals surface area (Å²) in [7, 11) is 3.14. The Hall–Kier alpha value is -4.14. The van der Waals surface area contributed by atoms with E-state index in [-0.39, 0.29) is 18.0 Å². The smallest absolute Gasteiger partial charge is 0.278 e. The van der Waals surface area contributed by atoms with E-state index >= 15 is 0 Å². The molecule has 0 saturated carbocycles. The Kier molecular flexibility index (Phi) is 6.36. The maximum Gasteiger partial charge on any atom is 0.278 e. The number of hydrogen-bond donors (Lipinski definition) is 1. The highest BCUT2D eigenvalue weighted by Gasteiger charge is 2.23. The molecule has 2 aromatic heterocycles. The van der Waals surface area contributed by atoms with Gasteiger partial charge >= 0.3 is 0 Å². The Balaban J connectivity index is 1.65. The summed E-state index contributed by atoms with van der Waals surface area (Å²) in [4.78, 5) is 26.4. The zero-order valence-corrected chi connectivity index (χ0v) is 19.8. The quantitative estimate of drug-likeness (QED) is 0.454. The monoisotopic (exact) mass is 461 g/mol. The number of rotatable bonds is 7. The molecule has 0 fully saturated rings. The van der Waals surface area contributed by atoms with Gasteiger partial charge in [0.05, 0.1) is 36.7 Å². The highest BCUT2D eigenvalue weighted by Crippen LogP contribution is 2.24. The minimum Gasteiger partial charge on any atom is -0.497 e. The number of aryl methyl sites for hydroxylation is 2. The first-order chi connectivity index (χ1) is 16.3. The summed E-state index contributed by atoms with van der Waals surface area (Å²) >= 11 is 0. The van der Waals surface area contributed by atoms with Gasteiger partial charge in [-0.1, -0.05) is 18.2 Å². The fourth-order valence-electron chi connectivity index (χ4n) is 3.92. The largest absolute Gasteiger partial charge is 0.497 e. The van der Waals surface area contributed by atoms with Crippen molar-refractivity contribution in [3.8, 4) is 17.2 Å². The Bertz CT molecular complexity index is 1410. The summed E-state index contributed by atoms with van der Waals surface area (Å²) in [6.45, 7) is 5.48. The summed E-state index contributed by atoms with van der Waals surface area (Å²) in [5.74, 6) is 0.944. The van der Waals surface area contributed by atoms with Gasteiger partial charge in [-0.2, -0.15) is 10.2 Å². The zero-order chi connectivity index (χ0) is 24.4. The second-order valence-corrected chi connectivity index (χ2v) is 7.96. The van der Waals surface area contributed by atoms with Gasteiger partial charge in [0.25, 0.3) is 5.56 Å². The molecule has 2 aromatic carbocycles. The Morgan fingerprint density at radius 1 is 1.06 bits per heavy atom. The van der Waals surface area contributed by atoms with E-state index < -0.39 is 6.04 Å². The standard InChI is InChI=1S/C25H27N5O4/c1-15-23-22(16(2)29(28-23)19-9-7-6-8-10-19)25(32)30(27-15)17(3)24(31)26-14-18-13-20(33-4)11-12-21(18)34-5/h6-13,17H,14H2,1-5H3,(H,26,31). The van der Waals surface area contributed by atoms with Crippen LogP contribution in [0.1, 0.15) is 29.9 Å². The van der Waals surface area contributed by atoms with E-state index in [1.54, 1.807) is 50.9 Å². The molecule has 9 heteroatoms. The molecule has 0 saturated heterocycles. The van der Waals surface area contributed by atoms with Crippen molar-refractivity contribution in [1.29, 1.82) is 0 Å². The molecule has 0 bridgehead atoms. The Morgan fingerprint density at radius 2 is 1.79 bits per heavy atom. The van der Waals surface area contributed by atoms with Crippen LogP contribution in [0.15, 0.2) is 53.3 Å². The van der Waals surface area contributed by atoms with Crippen molar-refractivity contribution >= 4 is 16.8 Å². The van der Waals surface area contributed by atoms with Crippen LogP contribution < -0.4 is 20.3 Å². The molecule has 0 radical (unpaired) electrons. The average Bonchev–Trinajstić information content (AvgIpc) is 3.22. The van der Waals surface area contributed by atoms with Crippen molar-refractivity contribution in [2.24, 2.45) is 0 Å². The predicted octanol–water partition coefficient (Wildman–Crippen LogP) is 3.09. The van der Waals surface area contributed by atoms with Crippen molar-refractivity contribution in [3.05, 3.63) is 75.8 Å². The third-order valence-corrected chi connectivity index (χ3v) is 5.83. The third-order valence-electron chi connectivity index (χ3n) is 5.83. The molecule has 9 nitrogen and oxygen atoms in total. The van der Waals surface area contributed by atoms with E-state index in [0.29, 0.717) is 33.8 Å². The van der Waals surface area contributed by atoms with Gasteiger partial charge in [0, 0.05) is 12.1 Å². The first-order valence-electron chi connectivity index (χ1n) is 10.9. The molecule has 1 amide bonds. The molecule has 0 aliphatic carbocycles. The number of ether oxygens (including phenoxy) is 2. The van der Waals surface area contributed by atoms with Crippen LogP contribution in [0.5, 0.6) is 11.5 Å². The molecular weight excluding hydrogens is 434 g/mol. The lowest BCUT2D eigenvalue weighted by Crippen LogP contribution is -2.37. The van der Waals surface area contributed by atoms with Crippen LogP contribution >= 0.6 is 0 Å². The second-order valence-electron chi connectivity index (χ2n) is 7.96. The fourth-order valence-corrected chi connectivity index (χ4v) is 3.92. The molecule has 2 heterocycles. The second kappa shape index (κ2) is 9.38. The van der Waals surface area contributed by atoms with Gasteiger partial charge in [0.2, 0.25) is 5.91 Å². The van der Waals surface area contributed by atoms with Crippen LogP contribution in [0.25, 0.3) is 16.6 Å². The third kappa shape index (κ3) is 4.12. The van der Waals surface area contributed by atoms with Crippen LogP contribution in [0, 0.1) is 13.8 Å². The molecule has 4 aromatic rings. The number of hydrogen-bond acceptors (Lipinski definition) is 6. The summed E-state index contributed by atoms with van der Waals surface area (Å²) in [6, 6.07) is 14.1. The molecule has 1 unspecified atom stereocenters. The Labute approximate surface area is 196 Å². The van der Waals surface area contributed by atoms with Gasteiger partial charge in [-0.15, -0.1) is 0 Å². The highest BCUT2D eigenvalue weighted by molar-refractivity contribution is 5.84. The van der Waals surface area contributed by atoms with Gasteiger partial charge in [-0.05, 0) is 51.1 Å². The first kappa shape index (κ1) is 23.0. The number of nitrogens with zero attached hydrogens (tertiary/aromatic N) is 4. The fraction of sp³-hybridized carbons (Fsp3) is 0.280. The summed E-state index contributed by atoms with van der Waals surface area (Å²) in [5.41, 5.74) is 3.03. The lowest BCUT2D eigenvalue weighted by molar-refractivity contribution is -0.124. The van der Waals surface area contributed by atoms with Crippen LogP contribution in [-0.2, 0) is 11.3 Å². The average molecular weight is 462 g/mol. The lowest BCUT2D eigenvalue weighted by Gasteiger charge is -2.16. The zero-order valence-electron chi connectivity index (χ0n) is 19.8. The number of carbonyl (C=O) groups excluding carboxylic acids is 1. The summed E-state index contributed by atoms with van der Waals surface area (Å²) in [5, 5.41) is 12.3. The van der Waals surface area contributed by atoms with Crippen LogP contribution in [0.4, 0.5) is 0 Å². The molecule has 0 aliphatic heterocycles. The van der Waals surface area contributed by atoms with Gasteiger partial charge < -0.3 is 14.8 Å². The number of fused-ring (bicyclic) bond motifs is 1. The van der Waals surface area contributed by atoms with E-state index in [1.807, 2.05) is 37.3 Å². The van der Waals surface area contributed by atoms with Crippen molar-refractivity contribution < 1.29 is 14.3 Å². The summed E-state index contributed by atoms with van der Waals surface area (Å²) < 4.78 is 13.6. The van der Waals surface area contributed by atoms with Crippen molar-refractivity contribution in [3.63, 3.8) is 0 Å². The SMILES string of the molecule is COc1ccc(OC)c(CNC(=O)C(C)n2nc(C)c3nn(-c4ccccc4)c(C)c3c2=O)c1. The van der Waals surface area contributed by atoms with E-state index in [9.17, 15) is 9.59 Å². The minimum absolute atomic E-state index is 0.213. The lowest BCUT2D eigenvalue weighted by atomic mass is 10.1. The molecule has 0 aliphatic rings. The van der Waals surface area contributed by atoms with Crippen LogP contribution in [0.2, 0.25) is 0 Å². The van der Waals surface area contributed by atoms with Gasteiger partial charge in [-0.25, -0.2) is 9.36 Å². The number of methoxy groups -OCH3 is 2. The number of para-hydroxylation sites is 1. The highest BCUT2D eigenvalue weighted by atomic mass is 16.5. The van der Waals surface area contributed by atoms with Gasteiger partial charge in [-0.3, -0.25) is 9.59 Å². The maximum atomic E-state index is 13.4. The molecular formula is C25H27N5O4. The summed E-state index contributed by atoms with van der Waals surface area (Å²) in [6.07, 6.45) is 0. The predicted molar refractivity (Wildman–Crippen MR) is 129 cm³/mol. The molecule has 34 heavy (non-hydrogen) atoms. The number of amides is 1. The van der Waals surface area contributed by atoms with Crippen LogP contribution in [-0.4, -0.2) is 39.7 Å². The van der Waals surface area contributed by atoms with E-state index in [4.69, 9.17) is 9.47 Å². The van der Waals surface area contributed by atoms with Crippen molar-refractivity contribution in [2.75, 3.05) is 14.2 Å². The number of carbonyl (C=O) groups is 1. The number of nitrogens with one attached hydrogen (secondary N) is 1. The Morgan fingerprint density at radius 3 is 2.47 bits per heavy atom. The first-order valence-corrected chi connectivity index (χ1v) is 10.9. The molecule has 4 rings (SSSR count). The van der Waals surface area contributed by atoms with E-state index in [0.717, 1.165) is 11.3 Å². The van der Waals surface area contributed by atoms with Crippen molar-refractivity contribution in [2.45, 2.75) is 33.4 Å². The maximum absolute atomic E-state index is 13.4. The molecule has 176 valence electrons. The molecule has 1 atom stereocenters. The van der Waals surface area contributed by atoms with Gasteiger partial charge in [0.1, 0.15) is 23.1 Å². The normalized spacial score (nSPS) is 11.9. The van der Waals surface area contributed by atoms with E-state index in [2.05, 4.69) is 15.5 Å². The van der Waals surface area contributed by atoms with E-state index in [1.165, 1.54) is 4.68 Å². The van der Waals surface area contributed by atoms with Crippen LogP contribution in [0.3, 0.4) is 0 Å². The molecule has 1 N–H and O–H groups in total. The number of aromatic nitrogens is 4. The minimum atomic E-state index is -0.827. The number of benzene rings is 2. The van der Waals surface area contributed by atoms with Gasteiger partial charge in [0.15, 0.2) is 0 Å². The van der Waals surface area contributed by atoms with Crippen molar-refractivity contribution in [1.82, 2.24) is 24.9 Å². The molecule has 0 spiro atoms. The topological polar surface area (TPSA) is 100 Å².